The molecule has 0 radical (unpaired) electrons. The van der Waals surface area contributed by atoms with Crippen LogP contribution in [0, 0.1) is 0 Å². The maximum Gasteiger partial charge on any atom is 0.0697 e. The highest BCUT2D eigenvalue weighted by atomic mass is 16.5. The lowest BCUT2D eigenvalue weighted by Gasteiger charge is -2.03. The highest BCUT2D eigenvalue weighted by Gasteiger charge is 1.87. The zero-order chi connectivity index (χ0) is 9.07. The van der Waals surface area contributed by atoms with Gasteiger partial charge >= 0.3 is 0 Å². The minimum absolute atomic E-state index is 0.115. The van der Waals surface area contributed by atoms with E-state index in [1.54, 1.807) is 0 Å². The standard InChI is InChI=1S/C9H19NO2/c1-2-3-5-10-6-4-8-12-9-7-11/h2,10-11H,1,3-9H2. The molecule has 0 spiro atoms. The van der Waals surface area contributed by atoms with E-state index in [9.17, 15) is 0 Å². The number of hydrogen-bond donors (Lipinski definition) is 2. The van der Waals surface area contributed by atoms with Gasteiger partial charge in [-0.1, -0.05) is 6.08 Å². The van der Waals surface area contributed by atoms with Crippen LogP contribution in [0.5, 0.6) is 0 Å². The molecule has 0 saturated heterocycles. The van der Waals surface area contributed by atoms with Crippen molar-refractivity contribution in [2.24, 2.45) is 0 Å². The molecule has 2 N–H and O–H groups in total. The molecule has 0 aliphatic heterocycles. The Morgan fingerprint density at radius 3 is 2.83 bits per heavy atom. The SMILES string of the molecule is C=CCCNCCCOCCO. The third-order valence-corrected chi connectivity index (χ3v) is 1.40. The van der Waals surface area contributed by atoms with E-state index >= 15 is 0 Å². The molecule has 0 fully saturated rings. The molecule has 0 rings (SSSR count). The molecule has 0 atom stereocenters. The normalized spacial score (nSPS) is 10.1. The molecule has 12 heavy (non-hydrogen) atoms. The van der Waals surface area contributed by atoms with Gasteiger partial charge in [0.05, 0.1) is 13.2 Å². The maximum absolute atomic E-state index is 8.39. The summed E-state index contributed by atoms with van der Waals surface area (Å²) < 4.78 is 5.08. The van der Waals surface area contributed by atoms with Crippen molar-refractivity contribution in [1.82, 2.24) is 5.32 Å². The van der Waals surface area contributed by atoms with Crippen LogP contribution in [0.15, 0.2) is 12.7 Å². The van der Waals surface area contributed by atoms with Gasteiger partial charge in [0, 0.05) is 6.61 Å². The van der Waals surface area contributed by atoms with Gasteiger partial charge in [-0.25, -0.2) is 0 Å². The largest absolute Gasteiger partial charge is 0.394 e. The van der Waals surface area contributed by atoms with Crippen LogP contribution < -0.4 is 5.32 Å². The molecule has 0 heterocycles. The molecule has 0 saturated carbocycles. The summed E-state index contributed by atoms with van der Waals surface area (Å²) in [5.41, 5.74) is 0. The van der Waals surface area contributed by atoms with E-state index in [-0.39, 0.29) is 6.61 Å². The van der Waals surface area contributed by atoms with Gasteiger partial charge in [-0.15, -0.1) is 6.58 Å². The van der Waals surface area contributed by atoms with Crippen LogP contribution in [0.2, 0.25) is 0 Å². The number of aliphatic hydroxyl groups excluding tert-OH is 1. The number of rotatable bonds is 9. The van der Waals surface area contributed by atoms with Crippen LogP contribution in [0.3, 0.4) is 0 Å². The van der Waals surface area contributed by atoms with E-state index in [1.807, 2.05) is 6.08 Å². The monoisotopic (exact) mass is 173 g/mol. The average Bonchev–Trinajstić information content (AvgIpc) is 2.10. The second-order valence-electron chi connectivity index (χ2n) is 2.52. The first-order valence-electron chi connectivity index (χ1n) is 4.42. The zero-order valence-corrected chi connectivity index (χ0v) is 7.59. The van der Waals surface area contributed by atoms with E-state index in [0.717, 1.165) is 32.5 Å². The van der Waals surface area contributed by atoms with Gasteiger partial charge < -0.3 is 15.2 Å². The van der Waals surface area contributed by atoms with E-state index < -0.39 is 0 Å². The summed E-state index contributed by atoms with van der Waals surface area (Å²) in [4.78, 5) is 0. The van der Waals surface area contributed by atoms with Crippen molar-refractivity contribution in [3.05, 3.63) is 12.7 Å². The van der Waals surface area contributed by atoms with Crippen molar-refractivity contribution in [2.45, 2.75) is 12.8 Å². The fraction of sp³-hybridized carbons (Fsp3) is 0.778. The predicted molar refractivity (Wildman–Crippen MR) is 50.2 cm³/mol. The lowest BCUT2D eigenvalue weighted by atomic mass is 10.4. The lowest BCUT2D eigenvalue weighted by molar-refractivity contribution is 0.0908. The molecule has 0 amide bonds. The van der Waals surface area contributed by atoms with Gasteiger partial charge in [-0.2, -0.15) is 0 Å². The Labute approximate surface area is 74.4 Å². The van der Waals surface area contributed by atoms with E-state index in [4.69, 9.17) is 9.84 Å². The van der Waals surface area contributed by atoms with Gasteiger partial charge in [0.15, 0.2) is 0 Å². The van der Waals surface area contributed by atoms with Crippen molar-refractivity contribution < 1.29 is 9.84 Å². The van der Waals surface area contributed by atoms with Gasteiger partial charge in [-0.05, 0) is 25.9 Å². The zero-order valence-electron chi connectivity index (χ0n) is 7.59. The summed E-state index contributed by atoms with van der Waals surface area (Å²) in [5.74, 6) is 0. The minimum atomic E-state index is 0.115. The summed E-state index contributed by atoms with van der Waals surface area (Å²) in [6.45, 7) is 6.88. The van der Waals surface area contributed by atoms with Gasteiger partial charge in [0.25, 0.3) is 0 Å². The molecule has 3 nitrogen and oxygen atoms in total. The quantitative estimate of drug-likeness (QED) is 0.395. The van der Waals surface area contributed by atoms with Crippen LogP contribution in [-0.2, 0) is 4.74 Å². The van der Waals surface area contributed by atoms with Crippen molar-refractivity contribution >= 4 is 0 Å². The first-order valence-corrected chi connectivity index (χ1v) is 4.42. The van der Waals surface area contributed by atoms with Crippen molar-refractivity contribution in [3.8, 4) is 0 Å². The van der Waals surface area contributed by atoms with Gasteiger partial charge in [0.2, 0.25) is 0 Å². The summed E-state index contributed by atoms with van der Waals surface area (Å²) in [7, 11) is 0. The predicted octanol–water partition coefficient (Wildman–Crippen LogP) is 0.551. The van der Waals surface area contributed by atoms with Crippen LogP contribution in [0.4, 0.5) is 0 Å². The van der Waals surface area contributed by atoms with Crippen LogP contribution in [-0.4, -0.2) is 38.0 Å². The Morgan fingerprint density at radius 1 is 1.33 bits per heavy atom. The Hall–Kier alpha value is -0.380. The lowest BCUT2D eigenvalue weighted by Crippen LogP contribution is -2.17. The van der Waals surface area contributed by atoms with E-state index in [2.05, 4.69) is 11.9 Å². The molecule has 0 aromatic heterocycles. The molecule has 0 unspecified atom stereocenters. The number of hydrogen-bond acceptors (Lipinski definition) is 3. The smallest absolute Gasteiger partial charge is 0.0697 e. The second kappa shape index (κ2) is 10.6. The maximum atomic E-state index is 8.39. The first kappa shape index (κ1) is 11.6. The third kappa shape index (κ3) is 9.62. The van der Waals surface area contributed by atoms with Crippen molar-refractivity contribution in [1.29, 1.82) is 0 Å². The van der Waals surface area contributed by atoms with Crippen LogP contribution >= 0.6 is 0 Å². The summed E-state index contributed by atoms with van der Waals surface area (Å²) >= 11 is 0. The number of nitrogens with one attached hydrogen (secondary N) is 1. The van der Waals surface area contributed by atoms with E-state index in [1.165, 1.54) is 0 Å². The molecule has 0 aromatic rings. The number of aliphatic hydroxyl groups is 1. The second-order valence-corrected chi connectivity index (χ2v) is 2.52. The fourth-order valence-corrected chi connectivity index (χ4v) is 0.795. The fourth-order valence-electron chi connectivity index (χ4n) is 0.795. The molecule has 3 heteroatoms. The summed E-state index contributed by atoms with van der Waals surface area (Å²) in [6.07, 6.45) is 3.91. The third-order valence-electron chi connectivity index (χ3n) is 1.40. The van der Waals surface area contributed by atoms with E-state index in [0.29, 0.717) is 6.61 Å². The molecular weight excluding hydrogens is 154 g/mol. The average molecular weight is 173 g/mol. The molecule has 72 valence electrons. The molecule has 0 aromatic carbocycles. The topological polar surface area (TPSA) is 41.5 Å². The van der Waals surface area contributed by atoms with Gasteiger partial charge in [0.1, 0.15) is 0 Å². The molecular formula is C9H19NO2. The van der Waals surface area contributed by atoms with Crippen LogP contribution in [0.25, 0.3) is 0 Å². The van der Waals surface area contributed by atoms with Crippen LogP contribution in [0.1, 0.15) is 12.8 Å². The highest BCUT2D eigenvalue weighted by molar-refractivity contribution is 4.67. The molecule has 0 aliphatic carbocycles. The minimum Gasteiger partial charge on any atom is -0.394 e. The first-order chi connectivity index (χ1) is 5.91. The Kier molecular flexibility index (Phi) is 10.3. The number of ether oxygens (including phenoxy) is 1. The van der Waals surface area contributed by atoms with Crippen molar-refractivity contribution in [2.75, 3.05) is 32.9 Å². The van der Waals surface area contributed by atoms with Gasteiger partial charge in [-0.3, -0.25) is 0 Å². The molecule has 0 bridgehead atoms. The highest BCUT2D eigenvalue weighted by Crippen LogP contribution is 1.81. The van der Waals surface area contributed by atoms with Crippen molar-refractivity contribution in [3.63, 3.8) is 0 Å². The Balaban J connectivity index is 2.77. The summed E-state index contributed by atoms with van der Waals surface area (Å²) in [5, 5.41) is 11.6. The Morgan fingerprint density at radius 2 is 2.17 bits per heavy atom. The summed E-state index contributed by atoms with van der Waals surface area (Å²) in [6, 6.07) is 0. The Bertz CT molecular complexity index is 96.5. The molecule has 0 aliphatic rings.